The average molecular weight is 264 g/mol. The first-order valence-corrected chi connectivity index (χ1v) is 7.59. The molecule has 1 amide bonds. The molecule has 1 aliphatic rings. The van der Waals surface area contributed by atoms with Crippen LogP contribution in [0.2, 0.25) is 0 Å². The average Bonchev–Trinajstić information content (AvgIpc) is 2.42. The number of hydrogen-bond acceptors (Lipinski definition) is 3. The highest BCUT2D eigenvalue weighted by atomic mass is 32.2. The number of rotatable bonds is 3. The molecule has 98 valence electrons. The summed E-state index contributed by atoms with van der Waals surface area (Å²) in [5, 5.41) is 6.35. The number of thioether (sulfide) groups is 1. The fourth-order valence-electron chi connectivity index (χ4n) is 2.18. The zero-order chi connectivity index (χ0) is 13.0. The highest BCUT2D eigenvalue weighted by Gasteiger charge is 2.21. The van der Waals surface area contributed by atoms with Crippen LogP contribution in [0.3, 0.4) is 0 Å². The van der Waals surface area contributed by atoms with Crippen molar-refractivity contribution in [3.63, 3.8) is 0 Å². The van der Waals surface area contributed by atoms with Crippen LogP contribution >= 0.6 is 11.8 Å². The third-order valence-electron chi connectivity index (χ3n) is 3.41. The van der Waals surface area contributed by atoms with Crippen LogP contribution in [-0.2, 0) is 4.79 Å². The molecule has 2 N–H and O–H groups in total. The zero-order valence-electron chi connectivity index (χ0n) is 11.0. The lowest BCUT2D eigenvalue weighted by atomic mass is 9.97. The van der Waals surface area contributed by atoms with Crippen molar-refractivity contribution in [1.29, 1.82) is 0 Å². The minimum Gasteiger partial charge on any atom is -0.326 e. The summed E-state index contributed by atoms with van der Waals surface area (Å²) >= 11 is 1.69. The van der Waals surface area contributed by atoms with Crippen molar-refractivity contribution in [2.45, 2.75) is 24.7 Å². The maximum atomic E-state index is 12.2. The van der Waals surface area contributed by atoms with Crippen molar-refractivity contribution in [1.82, 2.24) is 5.32 Å². The summed E-state index contributed by atoms with van der Waals surface area (Å²) in [4.78, 5) is 13.4. The largest absolute Gasteiger partial charge is 0.326 e. The van der Waals surface area contributed by atoms with E-state index in [4.69, 9.17) is 0 Å². The predicted molar refractivity (Wildman–Crippen MR) is 77.2 cm³/mol. The summed E-state index contributed by atoms with van der Waals surface area (Å²) in [5.41, 5.74) is 2.07. The number of anilines is 1. The minimum absolute atomic E-state index is 0.156. The van der Waals surface area contributed by atoms with Gasteiger partial charge in [-0.1, -0.05) is 6.07 Å². The van der Waals surface area contributed by atoms with Crippen LogP contribution in [0.25, 0.3) is 0 Å². The van der Waals surface area contributed by atoms with E-state index >= 15 is 0 Å². The minimum atomic E-state index is 0.156. The zero-order valence-corrected chi connectivity index (χ0v) is 11.8. The molecule has 0 unspecified atom stereocenters. The SMILES string of the molecule is CSc1ccc(C)c(NC(=O)C2CCNCC2)c1. The number of hydrogen-bond donors (Lipinski definition) is 2. The summed E-state index contributed by atoms with van der Waals surface area (Å²) in [7, 11) is 0. The number of carbonyl (C=O) groups excluding carboxylic acids is 1. The first-order chi connectivity index (χ1) is 8.70. The lowest BCUT2D eigenvalue weighted by Gasteiger charge is -2.22. The van der Waals surface area contributed by atoms with Crippen LogP contribution in [0, 0.1) is 12.8 Å². The summed E-state index contributed by atoms with van der Waals surface area (Å²) in [6, 6.07) is 6.20. The van der Waals surface area contributed by atoms with Gasteiger partial charge < -0.3 is 10.6 Å². The lowest BCUT2D eigenvalue weighted by Crippen LogP contribution is -2.34. The van der Waals surface area contributed by atoms with Crippen LogP contribution in [-0.4, -0.2) is 25.3 Å². The molecule has 0 spiro atoms. The number of benzene rings is 1. The smallest absolute Gasteiger partial charge is 0.227 e. The molecular weight excluding hydrogens is 244 g/mol. The fraction of sp³-hybridized carbons (Fsp3) is 0.500. The molecule has 1 heterocycles. The number of nitrogens with one attached hydrogen (secondary N) is 2. The van der Waals surface area contributed by atoms with Crippen LogP contribution in [0.4, 0.5) is 5.69 Å². The van der Waals surface area contributed by atoms with Crippen molar-refractivity contribution in [3.05, 3.63) is 23.8 Å². The molecule has 0 radical (unpaired) electrons. The highest BCUT2D eigenvalue weighted by Crippen LogP contribution is 2.24. The molecule has 0 saturated carbocycles. The molecule has 0 aromatic heterocycles. The molecule has 0 atom stereocenters. The highest BCUT2D eigenvalue weighted by molar-refractivity contribution is 7.98. The van der Waals surface area contributed by atoms with E-state index in [1.165, 1.54) is 4.90 Å². The second kappa shape index (κ2) is 6.25. The van der Waals surface area contributed by atoms with Crippen molar-refractivity contribution < 1.29 is 4.79 Å². The van der Waals surface area contributed by atoms with E-state index in [0.29, 0.717) is 0 Å². The van der Waals surface area contributed by atoms with Gasteiger partial charge in [0.1, 0.15) is 0 Å². The standard InChI is InChI=1S/C14H20N2OS/c1-10-3-4-12(18-2)9-13(10)16-14(17)11-5-7-15-8-6-11/h3-4,9,11,15H,5-8H2,1-2H3,(H,16,17). The molecule has 1 fully saturated rings. The van der Waals surface area contributed by atoms with Gasteiger partial charge in [-0.15, -0.1) is 11.8 Å². The molecule has 0 bridgehead atoms. The Bertz CT molecular complexity index is 428. The van der Waals surface area contributed by atoms with E-state index in [1.807, 2.05) is 13.2 Å². The lowest BCUT2D eigenvalue weighted by molar-refractivity contribution is -0.120. The Labute approximate surface area is 113 Å². The van der Waals surface area contributed by atoms with Crippen LogP contribution < -0.4 is 10.6 Å². The summed E-state index contributed by atoms with van der Waals surface area (Å²) in [6.07, 6.45) is 3.92. The third kappa shape index (κ3) is 3.27. The van der Waals surface area contributed by atoms with E-state index in [0.717, 1.165) is 37.2 Å². The Morgan fingerprint density at radius 1 is 1.39 bits per heavy atom. The maximum absolute atomic E-state index is 12.2. The molecule has 0 aliphatic carbocycles. The third-order valence-corrected chi connectivity index (χ3v) is 4.14. The van der Waals surface area contributed by atoms with Gasteiger partial charge >= 0.3 is 0 Å². The van der Waals surface area contributed by atoms with Gasteiger partial charge in [-0.05, 0) is 56.8 Å². The quantitative estimate of drug-likeness (QED) is 0.825. The monoisotopic (exact) mass is 264 g/mol. The van der Waals surface area contributed by atoms with Crippen LogP contribution in [0.15, 0.2) is 23.1 Å². The maximum Gasteiger partial charge on any atom is 0.227 e. The van der Waals surface area contributed by atoms with E-state index in [1.54, 1.807) is 11.8 Å². The normalized spacial score (nSPS) is 16.6. The molecular formula is C14H20N2OS. The van der Waals surface area contributed by atoms with Crippen molar-refractivity contribution >= 4 is 23.4 Å². The second-order valence-electron chi connectivity index (χ2n) is 4.69. The molecule has 2 rings (SSSR count). The molecule has 1 aromatic rings. The molecule has 1 aliphatic heterocycles. The Kier molecular flexibility index (Phi) is 4.66. The second-order valence-corrected chi connectivity index (χ2v) is 5.57. The van der Waals surface area contributed by atoms with E-state index in [9.17, 15) is 4.79 Å². The summed E-state index contributed by atoms with van der Waals surface area (Å²) in [5.74, 6) is 0.321. The topological polar surface area (TPSA) is 41.1 Å². The fourth-order valence-corrected chi connectivity index (χ4v) is 2.62. The van der Waals surface area contributed by atoms with E-state index < -0.39 is 0 Å². The number of aryl methyl sites for hydroxylation is 1. The van der Waals surface area contributed by atoms with Gasteiger partial charge in [-0.2, -0.15) is 0 Å². The van der Waals surface area contributed by atoms with Crippen molar-refractivity contribution in [3.8, 4) is 0 Å². The first kappa shape index (κ1) is 13.4. The predicted octanol–water partition coefficient (Wildman–Crippen LogP) is 2.66. The van der Waals surface area contributed by atoms with E-state index in [-0.39, 0.29) is 11.8 Å². The van der Waals surface area contributed by atoms with E-state index in [2.05, 4.69) is 28.8 Å². The molecule has 4 heteroatoms. The molecule has 18 heavy (non-hydrogen) atoms. The Morgan fingerprint density at radius 2 is 2.11 bits per heavy atom. The number of amides is 1. The molecule has 1 aromatic carbocycles. The van der Waals surface area contributed by atoms with Crippen LogP contribution in [0.5, 0.6) is 0 Å². The Hall–Kier alpha value is -1.00. The van der Waals surface area contributed by atoms with Gasteiger partial charge in [0.05, 0.1) is 0 Å². The van der Waals surface area contributed by atoms with Crippen molar-refractivity contribution in [2.75, 3.05) is 24.7 Å². The van der Waals surface area contributed by atoms with Gasteiger partial charge in [0.25, 0.3) is 0 Å². The van der Waals surface area contributed by atoms with Gasteiger partial charge in [0.2, 0.25) is 5.91 Å². The summed E-state index contributed by atoms with van der Waals surface area (Å²) in [6.45, 7) is 3.92. The summed E-state index contributed by atoms with van der Waals surface area (Å²) < 4.78 is 0. The Balaban J connectivity index is 2.05. The van der Waals surface area contributed by atoms with Gasteiger partial charge in [0.15, 0.2) is 0 Å². The van der Waals surface area contributed by atoms with Gasteiger partial charge in [-0.3, -0.25) is 4.79 Å². The molecule has 3 nitrogen and oxygen atoms in total. The van der Waals surface area contributed by atoms with Crippen LogP contribution in [0.1, 0.15) is 18.4 Å². The van der Waals surface area contributed by atoms with Crippen molar-refractivity contribution in [2.24, 2.45) is 5.92 Å². The number of carbonyl (C=O) groups is 1. The first-order valence-electron chi connectivity index (χ1n) is 6.37. The molecule has 1 saturated heterocycles. The van der Waals surface area contributed by atoms with Gasteiger partial charge in [0, 0.05) is 16.5 Å². The Morgan fingerprint density at radius 3 is 2.78 bits per heavy atom. The number of piperidine rings is 1. The van der Waals surface area contributed by atoms with Gasteiger partial charge in [-0.25, -0.2) is 0 Å².